The summed E-state index contributed by atoms with van der Waals surface area (Å²) < 4.78 is 43.6. The molecule has 2 aliphatic rings. The molecular formula is C19H23FN4O5S. The van der Waals surface area contributed by atoms with Crippen LogP contribution in [0.3, 0.4) is 0 Å². The Balaban J connectivity index is 1.42. The molecule has 3 heterocycles. The summed E-state index contributed by atoms with van der Waals surface area (Å²) in [6.07, 6.45) is 2.13. The van der Waals surface area contributed by atoms with Gasteiger partial charge in [0.05, 0.1) is 16.5 Å². The number of amides is 1. The summed E-state index contributed by atoms with van der Waals surface area (Å²) in [5.41, 5.74) is 0.352. The number of hydrogen-bond acceptors (Lipinski definition) is 7. The van der Waals surface area contributed by atoms with Crippen LogP contribution in [0.25, 0.3) is 0 Å². The Bertz CT molecular complexity index is 1050. The van der Waals surface area contributed by atoms with E-state index in [1.54, 1.807) is 0 Å². The van der Waals surface area contributed by atoms with Crippen LogP contribution in [0.1, 0.15) is 42.9 Å². The first-order valence-electron chi connectivity index (χ1n) is 9.78. The quantitative estimate of drug-likeness (QED) is 0.774. The maximum Gasteiger partial charge on any atom is 0.407 e. The molecule has 0 radical (unpaired) electrons. The van der Waals surface area contributed by atoms with Crippen LogP contribution in [0.5, 0.6) is 0 Å². The van der Waals surface area contributed by atoms with Gasteiger partial charge in [-0.3, -0.25) is 0 Å². The van der Waals surface area contributed by atoms with Gasteiger partial charge >= 0.3 is 6.09 Å². The number of likely N-dealkylation sites (tertiary alicyclic amines) is 1. The zero-order valence-corrected chi connectivity index (χ0v) is 17.3. The second-order valence-corrected chi connectivity index (χ2v) is 9.86. The fourth-order valence-electron chi connectivity index (χ4n) is 4.05. The fourth-order valence-corrected chi connectivity index (χ4v) is 4.68. The van der Waals surface area contributed by atoms with Crippen LogP contribution in [0, 0.1) is 5.82 Å². The molecule has 1 amide bonds. The number of benzene rings is 1. The van der Waals surface area contributed by atoms with Crippen molar-refractivity contribution >= 4 is 21.6 Å². The number of piperidine rings is 1. The number of aromatic nitrogens is 2. The van der Waals surface area contributed by atoms with E-state index in [1.165, 1.54) is 17.0 Å². The van der Waals surface area contributed by atoms with Gasteiger partial charge in [0.1, 0.15) is 5.82 Å². The van der Waals surface area contributed by atoms with Gasteiger partial charge in [0, 0.05) is 38.4 Å². The lowest BCUT2D eigenvalue weighted by molar-refractivity contribution is 0.129. The molecule has 0 bridgehead atoms. The molecule has 4 rings (SSSR count). The Labute approximate surface area is 173 Å². The number of carbonyl (C=O) groups is 1. The second-order valence-electron chi connectivity index (χ2n) is 7.84. The molecule has 1 N–H and O–H groups in total. The molecule has 1 aromatic heterocycles. The van der Waals surface area contributed by atoms with E-state index in [2.05, 4.69) is 10.2 Å². The molecule has 1 aromatic carbocycles. The molecule has 9 nitrogen and oxygen atoms in total. The van der Waals surface area contributed by atoms with Crippen molar-refractivity contribution in [2.75, 3.05) is 37.3 Å². The summed E-state index contributed by atoms with van der Waals surface area (Å²) in [5, 5.41) is 17.4. The fraction of sp³-hybridized carbons (Fsp3) is 0.526. The smallest absolute Gasteiger partial charge is 0.407 e. The molecular weight excluding hydrogens is 415 g/mol. The Kier molecular flexibility index (Phi) is 5.39. The Hall–Kier alpha value is -2.69. The molecule has 2 fully saturated rings. The van der Waals surface area contributed by atoms with E-state index in [1.807, 2.05) is 4.90 Å². The maximum atomic E-state index is 14.5. The SMILES string of the molecule is CS(=O)(=O)c1ccc(N2CCC(c3nnc(C4CCN(C(=O)O)CC4)o3)C2)c(F)c1. The first-order chi connectivity index (χ1) is 14.2. The highest BCUT2D eigenvalue weighted by molar-refractivity contribution is 7.90. The number of hydrogen-bond donors (Lipinski definition) is 1. The van der Waals surface area contributed by atoms with Gasteiger partial charge in [0.25, 0.3) is 0 Å². The van der Waals surface area contributed by atoms with E-state index in [0.29, 0.717) is 62.9 Å². The normalized spacial score (nSPS) is 20.7. The minimum absolute atomic E-state index is 0.0420. The van der Waals surface area contributed by atoms with E-state index < -0.39 is 21.7 Å². The lowest BCUT2D eigenvalue weighted by Crippen LogP contribution is -2.36. The molecule has 1 unspecified atom stereocenters. The third-order valence-electron chi connectivity index (χ3n) is 5.80. The molecule has 11 heteroatoms. The van der Waals surface area contributed by atoms with Gasteiger partial charge in [-0.2, -0.15) is 0 Å². The van der Waals surface area contributed by atoms with E-state index in [-0.39, 0.29) is 16.7 Å². The van der Waals surface area contributed by atoms with E-state index in [0.717, 1.165) is 12.3 Å². The Morgan fingerprint density at radius 1 is 1.13 bits per heavy atom. The number of carboxylic acid groups (broad SMARTS) is 1. The van der Waals surface area contributed by atoms with Crippen molar-refractivity contribution in [3.63, 3.8) is 0 Å². The topological polar surface area (TPSA) is 117 Å². The highest BCUT2D eigenvalue weighted by Crippen LogP contribution is 2.34. The molecule has 30 heavy (non-hydrogen) atoms. The average Bonchev–Trinajstić information content (AvgIpc) is 3.37. The molecule has 1 atom stereocenters. The van der Waals surface area contributed by atoms with Crippen molar-refractivity contribution in [3.8, 4) is 0 Å². The third kappa shape index (κ3) is 4.11. The number of anilines is 1. The third-order valence-corrected chi connectivity index (χ3v) is 6.91. The Morgan fingerprint density at radius 2 is 1.77 bits per heavy atom. The van der Waals surface area contributed by atoms with Gasteiger partial charge < -0.3 is 19.3 Å². The standard InChI is InChI=1S/C19H23FN4O5S/c1-30(27,28)14-2-3-16(15(20)10-14)24-9-6-13(11-24)18-22-21-17(29-18)12-4-7-23(8-5-12)19(25)26/h2-3,10,12-13H,4-9,11H2,1H3,(H,25,26). The molecule has 0 saturated carbocycles. The first kappa shape index (κ1) is 20.6. The molecule has 0 aliphatic carbocycles. The summed E-state index contributed by atoms with van der Waals surface area (Å²) in [4.78, 5) is 14.2. The molecule has 2 aromatic rings. The minimum Gasteiger partial charge on any atom is -0.465 e. The van der Waals surface area contributed by atoms with Gasteiger partial charge in [-0.05, 0) is 37.5 Å². The number of halogens is 1. The predicted octanol–water partition coefficient (Wildman–Crippen LogP) is 2.46. The lowest BCUT2D eigenvalue weighted by atomic mass is 9.97. The summed E-state index contributed by atoms with van der Waals surface area (Å²) in [6.45, 7) is 1.97. The van der Waals surface area contributed by atoms with Gasteiger partial charge in [-0.25, -0.2) is 17.6 Å². The monoisotopic (exact) mass is 438 g/mol. The van der Waals surface area contributed by atoms with Gasteiger partial charge in [0.15, 0.2) is 9.84 Å². The summed E-state index contributed by atoms with van der Waals surface area (Å²) in [7, 11) is -3.46. The van der Waals surface area contributed by atoms with E-state index in [9.17, 15) is 17.6 Å². The van der Waals surface area contributed by atoms with E-state index in [4.69, 9.17) is 9.52 Å². The summed E-state index contributed by atoms with van der Waals surface area (Å²) in [6, 6.07) is 3.95. The van der Waals surface area contributed by atoms with Crippen molar-refractivity contribution in [2.24, 2.45) is 0 Å². The maximum absolute atomic E-state index is 14.5. The molecule has 162 valence electrons. The minimum atomic E-state index is -3.46. The summed E-state index contributed by atoms with van der Waals surface area (Å²) >= 11 is 0. The van der Waals surface area contributed by atoms with E-state index >= 15 is 0 Å². The van der Waals surface area contributed by atoms with Crippen molar-refractivity contribution in [3.05, 3.63) is 35.8 Å². The first-order valence-corrected chi connectivity index (χ1v) is 11.7. The van der Waals surface area contributed by atoms with Gasteiger partial charge in [-0.1, -0.05) is 0 Å². The van der Waals surface area contributed by atoms with Gasteiger partial charge in [-0.15, -0.1) is 10.2 Å². The molecule has 2 saturated heterocycles. The van der Waals surface area contributed by atoms with Crippen molar-refractivity contribution in [1.29, 1.82) is 0 Å². The predicted molar refractivity (Wildman–Crippen MR) is 105 cm³/mol. The summed E-state index contributed by atoms with van der Waals surface area (Å²) in [5.74, 6) is 0.452. The number of nitrogens with zero attached hydrogens (tertiary/aromatic N) is 4. The van der Waals surface area contributed by atoms with Crippen molar-refractivity contribution < 1.29 is 27.1 Å². The zero-order valence-electron chi connectivity index (χ0n) is 16.5. The highest BCUT2D eigenvalue weighted by atomic mass is 32.2. The van der Waals surface area contributed by atoms with Crippen LogP contribution in [0.4, 0.5) is 14.9 Å². The van der Waals surface area contributed by atoms with Crippen LogP contribution in [-0.2, 0) is 9.84 Å². The van der Waals surface area contributed by atoms with Crippen LogP contribution in [-0.4, -0.2) is 67.1 Å². The van der Waals surface area contributed by atoms with Gasteiger partial charge in [0.2, 0.25) is 11.8 Å². The van der Waals surface area contributed by atoms with Crippen LogP contribution in [0.2, 0.25) is 0 Å². The largest absolute Gasteiger partial charge is 0.465 e. The van der Waals surface area contributed by atoms with Crippen LogP contribution in [0.15, 0.2) is 27.5 Å². The van der Waals surface area contributed by atoms with Crippen LogP contribution >= 0.6 is 0 Å². The van der Waals surface area contributed by atoms with Crippen molar-refractivity contribution in [1.82, 2.24) is 15.1 Å². The average molecular weight is 438 g/mol. The second kappa shape index (κ2) is 7.86. The van der Waals surface area contributed by atoms with Crippen molar-refractivity contribution in [2.45, 2.75) is 36.0 Å². The zero-order chi connectivity index (χ0) is 21.5. The van der Waals surface area contributed by atoms with Crippen LogP contribution < -0.4 is 4.90 Å². The Morgan fingerprint density at radius 3 is 2.37 bits per heavy atom. The highest BCUT2D eigenvalue weighted by Gasteiger charge is 2.32. The number of rotatable bonds is 4. The number of sulfone groups is 1. The molecule has 0 spiro atoms. The molecule has 2 aliphatic heterocycles. The lowest BCUT2D eigenvalue weighted by Gasteiger charge is -2.27.